The van der Waals surface area contributed by atoms with E-state index in [1.165, 1.54) is 4.90 Å². The highest BCUT2D eigenvalue weighted by atomic mass is 32.1. The van der Waals surface area contributed by atoms with Crippen molar-refractivity contribution in [2.24, 2.45) is 0 Å². The zero-order valence-corrected chi connectivity index (χ0v) is 15.8. The van der Waals surface area contributed by atoms with Gasteiger partial charge < -0.3 is 19.1 Å². The van der Waals surface area contributed by atoms with Crippen LogP contribution in [0.1, 0.15) is 5.56 Å². The third-order valence-electron chi connectivity index (χ3n) is 4.46. The fourth-order valence-corrected chi connectivity index (χ4v) is 3.31. The number of thiocarbonyl (C=S) groups is 1. The third kappa shape index (κ3) is 3.10. The van der Waals surface area contributed by atoms with Crippen LogP contribution in [0.4, 0.5) is 5.69 Å². The van der Waals surface area contributed by atoms with Crippen molar-refractivity contribution < 1.29 is 19.0 Å². The molecule has 2 aliphatic heterocycles. The van der Waals surface area contributed by atoms with Crippen molar-refractivity contribution in [1.29, 1.82) is 0 Å². The number of hydrogen-bond donors (Lipinski definition) is 0. The maximum Gasteiger partial charge on any atom is 0.281 e. The van der Waals surface area contributed by atoms with Crippen molar-refractivity contribution in [3.05, 3.63) is 53.7 Å². The largest absolute Gasteiger partial charge is 0.497 e. The van der Waals surface area contributed by atoms with Crippen LogP contribution in [0.3, 0.4) is 0 Å². The van der Waals surface area contributed by atoms with Crippen molar-refractivity contribution in [3.8, 4) is 17.2 Å². The Morgan fingerprint density at radius 1 is 1.07 bits per heavy atom. The second kappa shape index (κ2) is 6.92. The maximum absolute atomic E-state index is 13.0. The Kier molecular flexibility index (Phi) is 4.45. The molecule has 2 aliphatic rings. The molecule has 0 spiro atoms. The van der Waals surface area contributed by atoms with E-state index in [4.69, 9.17) is 26.4 Å². The SMILES string of the molecule is COc1ccc(N2C(=O)C(=Cc3ccc4c(c3)OCCO4)N(C)C2=S)cc1. The lowest BCUT2D eigenvalue weighted by molar-refractivity contribution is -0.114. The minimum absolute atomic E-state index is 0.178. The number of fused-ring (bicyclic) bond motifs is 1. The van der Waals surface area contributed by atoms with Crippen LogP contribution in [0, 0.1) is 0 Å². The highest BCUT2D eigenvalue weighted by Crippen LogP contribution is 2.33. The van der Waals surface area contributed by atoms with E-state index in [9.17, 15) is 4.79 Å². The van der Waals surface area contributed by atoms with Crippen LogP contribution in [0.5, 0.6) is 17.2 Å². The number of ether oxygens (including phenoxy) is 3. The molecule has 7 heteroatoms. The number of hydrogen-bond acceptors (Lipinski definition) is 5. The number of amides is 1. The Morgan fingerprint density at radius 3 is 2.48 bits per heavy atom. The summed E-state index contributed by atoms with van der Waals surface area (Å²) in [5.74, 6) is 1.93. The predicted octanol–water partition coefficient (Wildman–Crippen LogP) is 3.07. The molecule has 4 rings (SSSR count). The molecule has 27 heavy (non-hydrogen) atoms. The summed E-state index contributed by atoms with van der Waals surface area (Å²) in [6.07, 6.45) is 1.80. The van der Waals surface area contributed by atoms with E-state index in [0.717, 1.165) is 11.3 Å². The monoisotopic (exact) mass is 382 g/mol. The standard InChI is InChI=1S/C20H18N2O4S/c1-21-16(11-13-3-8-17-18(12-13)26-10-9-25-17)19(23)22(20(21)27)14-4-6-15(24-2)7-5-14/h3-8,11-12H,9-10H2,1-2H3. The molecule has 0 bridgehead atoms. The maximum atomic E-state index is 13.0. The molecule has 6 nitrogen and oxygen atoms in total. The number of benzene rings is 2. The van der Waals surface area contributed by atoms with Gasteiger partial charge in [0.2, 0.25) is 0 Å². The molecule has 2 aromatic rings. The van der Waals surface area contributed by atoms with E-state index in [0.29, 0.717) is 41.2 Å². The Morgan fingerprint density at radius 2 is 1.78 bits per heavy atom. The highest BCUT2D eigenvalue weighted by Gasteiger charge is 2.36. The summed E-state index contributed by atoms with van der Waals surface area (Å²) in [7, 11) is 3.39. The molecule has 1 fully saturated rings. The average molecular weight is 382 g/mol. The molecular formula is C20H18N2O4S. The number of carbonyl (C=O) groups is 1. The quantitative estimate of drug-likeness (QED) is 0.601. The third-order valence-corrected chi connectivity index (χ3v) is 4.92. The summed E-state index contributed by atoms with van der Waals surface area (Å²) < 4.78 is 16.3. The summed E-state index contributed by atoms with van der Waals surface area (Å²) >= 11 is 5.49. The van der Waals surface area contributed by atoms with Crippen molar-refractivity contribution in [3.63, 3.8) is 0 Å². The minimum atomic E-state index is -0.178. The first-order chi connectivity index (χ1) is 13.1. The van der Waals surface area contributed by atoms with Crippen molar-refractivity contribution in [2.45, 2.75) is 0 Å². The van der Waals surface area contributed by atoms with Gasteiger partial charge in [0.15, 0.2) is 16.6 Å². The van der Waals surface area contributed by atoms with Crippen LogP contribution in [-0.4, -0.2) is 43.3 Å². The van der Waals surface area contributed by atoms with Gasteiger partial charge in [0.25, 0.3) is 5.91 Å². The van der Waals surface area contributed by atoms with Gasteiger partial charge in [0, 0.05) is 7.05 Å². The first-order valence-electron chi connectivity index (χ1n) is 8.46. The van der Waals surface area contributed by atoms with Gasteiger partial charge in [-0.15, -0.1) is 0 Å². The van der Waals surface area contributed by atoms with Gasteiger partial charge >= 0.3 is 0 Å². The predicted molar refractivity (Wildman–Crippen MR) is 106 cm³/mol. The molecule has 138 valence electrons. The van der Waals surface area contributed by atoms with Crippen molar-refractivity contribution in [1.82, 2.24) is 4.90 Å². The lowest BCUT2D eigenvalue weighted by Gasteiger charge is -2.18. The second-order valence-corrected chi connectivity index (χ2v) is 6.48. The fraction of sp³-hybridized carbons (Fsp3) is 0.200. The van der Waals surface area contributed by atoms with Crippen molar-refractivity contribution >= 4 is 35.0 Å². The highest BCUT2D eigenvalue weighted by molar-refractivity contribution is 7.80. The van der Waals surface area contributed by atoms with Gasteiger partial charge in [-0.05, 0) is 60.3 Å². The van der Waals surface area contributed by atoms with Crippen LogP contribution in [0.25, 0.3) is 6.08 Å². The second-order valence-electron chi connectivity index (χ2n) is 6.11. The smallest absolute Gasteiger partial charge is 0.281 e. The van der Waals surface area contributed by atoms with Gasteiger partial charge in [0.05, 0.1) is 12.8 Å². The fourth-order valence-electron chi connectivity index (χ4n) is 3.02. The molecule has 0 atom stereocenters. The molecule has 0 N–H and O–H groups in total. The summed E-state index contributed by atoms with van der Waals surface area (Å²) in [5.41, 5.74) is 2.03. The number of nitrogens with zero attached hydrogens (tertiary/aromatic N) is 2. The number of carbonyl (C=O) groups excluding carboxylic acids is 1. The van der Waals surface area contributed by atoms with E-state index < -0.39 is 0 Å². The molecule has 1 amide bonds. The van der Waals surface area contributed by atoms with Crippen LogP contribution >= 0.6 is 12.2 Å². The van der Waals surface area contributed by atoms with Crippen LogP contribution in [0.15, 0.2) is 48.2 Å². The molecular weight excluding hydrogens is 364 g/mol. The molecule has 2 aromatic carbocycles. The van der Waals surface area contributed by atoms with Crippen LogP contribution in [0.2, 0.25) is 0 Å². The summed E-state index contributed by atoms with van der Waals surface area (Å²) in [5, 5.41) is 0.425. The average Bonchev–Trinajstić information content (AvgIpc) is 2.91. The van der Waals surface area contributed by atoms with Crippen molar-refractivity contribution in [2.75, 3.05) is 32.3 Å². The van der Waals surface area contributed by atoms with Crippen LogP contribution < -0.4 is 19.1 Å². The lowest BCUT2D eigenvalue weighted by atomic mass is 10.1. The first kappa shape index (κ1) is 17.4. The van der Waals surface area contributed by atoms with Gasteiger partial charge in [-0.2, -0.15) is 0 Å². The van der Waals surface area contributed by atoms with E-state index >= 15 is 0 Å². The molecule has 0 aliphatic carbocycles. The Hall–Kier alpha value is -3.06. The zero-order valence-electron chi connectivity index (χ0n) is 15.0. The molecule has 0 radical (unpaired) electrons. The Labute approximate surface area is 162 Å². The zero-order chi connectivity index (χ0) is 19.0. The number of likely N-dealkylation sites (N-methyl/N-ethyl adjacent to an activating group) is 1. The van der Waals surface area contributed by atoms with Gasteiger partial charge in [-0.1, -0.05) is 6.07 Å². The normalized spacial score (nSPS) is 17.6. The van der Waals surface area contributed by atoms with E-state index in [1.54, 1.807) is 37.3 Å². The van der Waals surface area contributed by atoms with E-state index in [1.807, 2.05) is 30.3 Å². The summed E-state index contributed by atoms with van der Waals surface area (Å²) in [6, 6.07) is 12.8. The minimum Gasteiger partial charge on any atom is -0.497 e. The van der Waals surface area contributed by atoms with Gasteiger partial charge in [-0.25, -0.2) is 0 Å². The van der Waals surface area contributed by atoms with E-state index in [2.05, 4.69) is 0 Å². The number of rotatable bonds is 3. The van der Waals surface area contributed by atoms with Gasteiger partial charge in [0.1, 0.15) is 24.7 Å². The summed E-state index contributed by atoms with van der Waals surface area (Å²) in [6.45, 7) is 1.06. The first-order valence-corrected chi connectivity index (χ1v) is 8.87. The summed E-state index contributed by atoms with van der Waals surface area (Å²) in [4.78, 5) is 16.2. The Bertz CT molecular complexity index is 939. The molecule has 0 unspecified atom stereocenters. The number of anilines is 1. The molecule has 2 heterocycles. The topological polar surface area (TPSA) is 51.2 Å². The van der Waals surface area contributed by atoms with Crippen LogP contribution in [-0.2, 0) is 4.79 Å². The molecule has 0 aromatic heterocycles. The number of methoxy groups -OCH3 is 1. The van der Waals surface area contributed by atoms with E-state index in [-0.39, 0.29) is 5.91 Å². The van der Waals surface area contributed by atoms with Gasteiger partial charge in [-0.3, -0.25) is 9.69 Å². The lowest BCUT2D eigenvalue weighted by Crippen LogP contribution is -2.31. The molecule has 0 saturated carbocycles. The molecule has 1 saturated heterocycles. The Balaban J connectivity index is 1.66.